The lowest BCUT2D eigenvalue weighted by molar-refractivity contribution is -0.119. The summed E-state index contributed by atoms with van der Waals surface area (Å²) in [6.07, 6.45) is 0. The van der Waals surface area contributed by atoms with Crippen LogP contribution < -0.4 is 10.9 Å². The molecule has 132 valence electrons. The lowest BCUT2D eigenvalue weighted by Gasteiger charge is -2.09. The highest BCUT2D eigenvalue weighted by Crippen LogP contribution is 2.23. The van der Waals surface area contributed by atoms with Crippen molar-refractivity contribution in [1.82, 2.24) is 10.9 Å². The van der Waals surface area contributed by atoms with E-state index in [4.69, 9.17) is 23.2 Å². The summed E-state index contributed by atoms with van der Waals surface area (Å²) in [6, 6.07) is 18.6. The van der Waals surface area contributed by atoms with Gasteiger partial charge in [0.05, 0.1) is 16.3 Å². The van der Waals surface area contributed by atoms with Gasteiger partial charge in [-0.3, -0.25) is 20.4 Å². The van der Waals surface area contributed by atoms with Crippen LogP contribution in [0, 0.1) is 0 Å². The molecule has 0 spiro atoms. The highest BCUT2D eigenvalue weighted by Gasteiger charge is 2.12. The Labute approximate surface area is 164 Å². The molecule has 0 heterocycles. The van der Waals surface area contributed by atoms with Crippen molar-refractivity contribution in [2.24, 2.45) is 0 Å². The third-order valence-electron chi connectivity index (χ3n) is 3.58. The number of rotatable bonds is 4. The maximum absolute atomic E-state index is 12.1. The molecule has 4 nitrogen and oxygen atoms in total. The number of benzene rings is 3. The quantitative estimate of drug-likeness (QED) is 0.489. The molecule has 0 aliphatic rings. The second kappa shape index (κ2) is 8.45. The van der Waals surface area contributed by atoms with Crippen LogP contribution in [-0.4, -0.2) is 17.6 Å². The molecule has 0 saturated carbocycles. The van der Waals surface area contributed by atoms with Crippen LogP contribution in [0.25, 0.3) is 10.8 Å². The number of carbonyl (C=O) groups excluding carboxylic acids is 2. The van der Waals surface area contributed by atoms with Crippen LogP contribution >= 0.6 is 35.0 Å². The number of carbonyl (C=O) groups is 2. The van der Waals surface area contributed by atoms with Crippen molar-refractivity contribution < 1.29 is 9.59 Å². The summed E-state index contributed by atoms with van der Waals surface area (Å²) in [5.41, 5.74) is 4.91. The first kappa shape index (κ1) is 18.6. The van der Waals surface area contributed by atoms with Crippen LogP contribution in [0.15, 0.2) is 65.6 Å². The average Bonchev–Trinajstić information content (AvgIpc) is 2.66. The van der Waals surface area contributed by atoms with Gasteiger partial charge in [0.1, 0.15) is 0 Å². The molecular weight excluding hydrogens is 391 g/mol. The first-order valence-corrected chi connectivity index (χ1v) is 9.43. The highest BCUT2D eigenvalue weighted by atomic mass is 35.5. The molecule has 3 aromatic carbocycles. The third kappa shape index (κ3) is 4.69. The summed E-state index contributed by atoms with van der Waals surface area (Å²) in [4.78, 5) is 25.0. The number of nitrogens with one attached hydrogen (secondary N) is 2. The van der Waals surface area contributed by atoms with Crippen LogP contribution in [0.5, 0.6) is 0 Å². The van der Waals surface area contributed by atoms with Crippen molar-refractivity contribution in [2.45, 2.75) is 4.90 Å². The SMILES string of the molecule is O=C(CSc1ccc2ccccc2c1)NNC(=O)c1cc(Cl)ccc1Cl. The fourth-order valence-corrected chi connectivity index (χ4v) is 3.43. The number of hydrogen-bond acceptors (Lipinski definition) is 3. The highest BCUT2D eigenvalue weighted by molar-refractivity contribution is 8.00. The van der Waals surface area contributed by atoms with E-state index in [0.717, 1.165) is 15.7 Å². The number of thioether (sulfide) groups is 1. The van der Waals surface area contributed by atoms with Gasteiger partial charge in [0.25, 0.3) is 5.91 Å². The van der Waals surface area contributed by atoms with E-state index in [1.54, 1.807) is 6.07 Å². The number of hydrogen-bond donors (Lipinski definition) is 2. The molecule has 0 radical (unpaired) electrons. The lowest BCUT2D eigenvalue weighted by Crippen LogP contribution is -2.42. The van der Waals surface area contributed by atoms with Crippen LogP contribution in [0.4, 0.5) is 0 Å². The standard InChI is InChI=1S/C19H14Cl2N2O2S/c20-14-6-8-17(21)16(10-14)19(25)23-22-18(24)11-26-15-7-5-12-3-1-2-4-13(12)9-15/h1-10H,11H2,(H,22,24)(H,23,25). The van der Waals surface area contributed by atoms with Gasteiger partial charge in [-0.05, 0) is 41.1 Å². The normalized spacial score (nSPS) is 10.5. The van der Waals surface area contributed by atoms with Gasteiger partial charge in [-0.15, -0.1) is 11.8 Å². The summed E-state index contributed by atoms with van der Waals surface area (Å²) in [5.74, 6) is -0.682. The van der Waals surface area contributed by atoms with Gasteiger partial charge in [-0.2, -0.15) is 0 Å². The Morgan fingerprint density at radius 3 is 2.46 bits per heavy atom. The molecule has 0 aliphatic heterocycles. The third-order valence-corrected chi connectivity index (χ3v) is 5.14. The molecule has 2 amide bonds. The molecule has 0 aromatic heterocycles. The molecule has 26 heavy (non-hydrogen) atoms. The van der Waals surface area contributed by atoms with Gasteiger partial charge in [0.2, 0.25) is 5.91 Å². The van der Waals surface area contributed by atoms with Gasteiger partial charge >= 0.3 is 0 Å². The molecule has 3 rings (SSSR count). The van der Waals surface area contributed by atoms with Crippen molar-refractivity contribution in [3.8, 4) is 0 Å². The molecule has 0 fully saturated rings. The molecule has 0 unspecified atom stereocenters. The average molecular weight is 405 g/mol. The summed E-state index contributed by atoms with van der Waals surface area (Å²) >= 11 is 13.2. The van der Waals surface area contributed by atoms with Crippen LogP contribution in [0.1, 0.15) is 10.4 Å². The number of halogens is 2. The molecule has 0 saturated heterocycles. The van der Waals surface area contributed by atoms with E-state index in [1.807, 2.05) is 42.5 Å². The first-order valence-electron chi connectivity index (χ1n) is 7.69. The monoisotopic (exact) mass is 404 g/mol. The van der Waals surface area contributed by atoms with Crippen molar-refractivity contribution in [2.75, 3.05) is 5.75 Å². The molecule has 0 atom stereocenters. The number of amides is 2. The minimum Gasteiger partial charge on any atom is -0.272 e. The van der Waals surface area contributed by atoms with Gasteiger partial charge in [0.15, 0.2) is 0 Å². The van der Waals surface area contributed by atoms with Crippen molar-refractivity contribution in [1.29, 1.82) is 0 Å². The van der Waals surface area contributed by atoms with Crippen LogP contribution in [0.2, 0.25) is 10.0 Å². The Morgan fingerprint density at radius 2 is 1.65 bits per heavy atom. The van der Waals surface area contributed by atoms with Crippen LogP contribution in [0.3, 0.4) is 0 Å². The second-order valence-corrected chi connectivity index (χ2v) is 7.32. The number of fused-ring (bicyclic) bond motifs is 1. The van der Waals surface area contributed by atoms with E-state index in [9.17, 15) is 9.59 Å². The van der Waals surface area contributed by atoms with E-state index < -0.39 is 5.91 Å². The van der Waals surface area contributed by atoms with Crippen molar-refractivity contribution in [3.63, 3.8) is 0 Å². The van der Waals surface area contributed by atoms with E-state index >= 15 is 0 Å². The maximum Gasteiger partial charge on any atom is 0.271 e. The molecule has 0 bridgehead atoms. The number of hydrazine groups is 1. The summed E-state index contributed by atoms with van der Waals surface area (Å²) in [5, 5.41) is 2.90. The van der Waals surface area contributed by atoms with Gasteiger partial charge in [-0.25, -0.2) is 0 Å². The minimum absolute atomic E-state index is 0.169. The molecule has 2 N–H and O–H groups in total. The predicted octanol–water partition coefficient (Wildman–Crippen LogP) is 4.70. The zero-order valence-corrected chi connectivity index (χ0v) is 15.8. The molecule has 7 heteroatoms. The fourth-order valence-electron chi connectivity index (χ4n) is 2.31. The second-order valence-electron chi connectivity index (χ2n) is 5.42. The Balaban J connectivity index is 1.53. The summed E-state index contributed by atoms with van der Waals surface area (Å²) < 4.78 is 0. The van der Waals surface area contributed by atoms with Gasteiger partial charge < -0.3 is 0 Å². The molecule has 0 aliphatic carbocycles. The maximum atomic E-state index is 12.1. The summed E-state index contributed by atoms with van der Waals surface area (Å²) in [6.45, 7) is 0. The van der Waals surface area contributed by atoms with Crippen LogP contribution in [-0.2, 0) is 4.79 Å². The fraction of sp³-hybridized carbons (Fsp3) is 0.0526. The minimum atomic E-state index is -0.526. The Morgan fingerprint density at radius 1 is 0.885 bits per heavy atom. The van der Waals surface area contributed by atoms with Gasteiger partial charge in [-0.1, -0.05) is 53.5 Å². The largest absolute Gasteiger partial charge is 0.272 e. The van der Waals surface area contributed by atoms with Crippen molar-refractivity contribution in [3.05, 3.63) is 76.3 Å². The zero-order chi connectivity index (χ0) is 18.5. The van der Waals surface area contributed by atoms with E-state index in [1.165, 1.54) is 23.9 Å². The van der Waals surface area contributed by atoms with Gasteiger partial charge in [0, 0.05) is 9.92 Å². The first-order chi connectivity index (χ1) is 12.5. The summed E-state index contributed by atoms with van der Waals surface area (Å²) in [7, 11) is 0. The van der Waals surface area contributed by atoms with E-state index in [2.05, 4.69) is 10.9 Å². The molecular formula is C19H14Cl2N2O2S. The Kier molecular flexibility index (Phi) is 6.04. The Hall–Kier alpha value is -2.21. The zero-order valence-electron chi connectivity index (χ0n) is 13.5. The lowest BCUT2D eigenvalue weighted by atomic mass is 10.1. The van der Waals surface area contributed by atoms with E-state index in [0.29, 0.717) is 5.02 Å². The molecule has 3 aromatic rings. The van der Waals surface area contributed by atoms with E-state index in [-0.39, 0.29) is 22.2 Å². The topological polar surface area (TPSA) is 58.2 Å². The Bertz CT molecular complexity index is 979. The predicted molar refractivity (Wildman–Crippen MR) is 107 cm³/mol. The van der Waals surface area contributed by atoms with Crippen molar-refractivity contribution >= 4 is 57.6 Å². The smallest absolute Gasteiger partial charge is 0.271 e.